The number of nitrogens with zero attached hydrogens (tertiary/aromatic N) is 5. The van der Waals surface area contributed by atoms with Crippen molar-refractivity contribution in [3.8, 4) is 11.1 Å². The molecule has 1 aliphatic heterocycles. The second kappa shape index (κ2) is 10.7. The van der Waals surface area contributed by atoms with Gasteiger partial charge < -0.3 is 21.1 Å². The number of hydrogen-bond acceptors (Lipinski definition) is 7. The van der Waals surface area contributed by atoms with Crippen LogP contribution in [0.25, 0.3) is 16.8 Å². The molecule has 0 bridgehead atoms. The van der Waals surface area contributed by atoms with Crippen molar-refractivity contribution >= 4 is 34.8 Å². The maximum Gasteiger partial charge on any atom is 0.490 e. The maximum absolute atomic E-state index is 11.4. The van der Waals surface area contributed by atoms with Gasteiger partial charge in [0, 0.05) is 29.9 Å². The molecule has 1 unspecified atom stereocenters. The third kappa shape index (κ3) is 5.99. The average molecular weight is 528 g/mol. The minimum Gasteiger partial charge on any atom is -0.475 e. The molecule has 0 aliphatic carbocycles. The second-order valence-electron chi connectivity index (χ2n) is 8.61. The van der Waals surface area contributed by atoms with Crippen molar-refractivity contribution in [2.45, 2.75) is 32.0 Å². The van der Waals surface area contributed by atoms with E-state index in [1.54, 1.807) is 16.6 Å². The van der Waals surface area contributed by atoms with Crippen LogP contribution in [0.3, 0.4) is 0 Å². The van der Waals surface area contributed by atoms with E-state index >= 15 is 0 Å². The summed E-state index contributed by atoms with van der Waals surface area (Å²) in [5.74, 6) is -1.47. The lowest BCUT2D eigenvalue weighted by Gasteiger charge is -2.23. The predicted molar refractivity (Wildman–Crippen MR) is 134 cm³/mol. The number of carbonyl (C=O) groups is 2. The predicted octanol–water partition coefficient (Wildman–Crippen LogP) is 4.26. The lowest BCUT2D eigenvalue weighted by atomic mass is 10.0. The lowest BCUT2D eigenvalue weighted by molar-refractivity contribution is -0.192. The molecule has 198 valence electrons. The van der Waals surface area contributed by atoms with E-state index in [9.17, 15) is 18.0 Å². The Labute approximate surface area is 214 Å². The number of amides is 1. The van der Waals surface area contributed by atoms with Crippen LogP contribution in [0.5, 0.6) is 0 Å². The Morgan fingerprint density at radius 3 is 2.45 bits per heavy atom. The van der Waals surface area contributed by atoms with Gasteiger partial charge >= 0.3 is 12.1 Å². The molecule has 1 saturated heterocycles. The molecule has 1 aromatic carbocycles. The molecule has 3 aromatic heterocycles. The van der Waals surface area contributed by atoms with Crippen molar-refractivity contribution in [1.29, 1.82) is 0 Å². The molecule has 0 saturated carbocycles. The summed E-state index contributed by atoms with van der Waals surface area (Å²) in [6, 6.07) is 15.7. The van der Waals surface area contributed by atoms with Gasteiger partial charge in [0.1, 0.15) is 18.0 Å². The fraction of sp³-hybridized carbons (Fsp3) is 0.240. The Bertz CT molecular complexity index is 1450. The lowest BCUT2D eigenvalue weighted by Crippen LogP contribution is -2.27. The van der Waals surface area contributed by atoms with Gasteiger partial charge in [0.15, 0.2) is 5.65 Å². The largest absolute Gasteiger partial charge is 0.490 e. The zero-order valence-electron chi connectivity index (χ0n) is 20.2. The van der Waals surface area contributed by atoms with Crippen molar-refractivity contribution in [2.75, 3.05) is 16.8 Å². The Morgan fingerprint density at radius 2 is 1.84 bits per heavy atom. The topological polar surface area (TPSA) is 139 Å². The van der Waals surface area contributed by atoms with Crippen molar-refractivity contribution < 1.29 is 27.9 Å². The summed E-state index contributed by atoms with van der Waals surface area (Å²) in [6.07, 6.45) is 0.729. The van der Waals surface area contributed by atoms with Crippen LogP contribution in [0.15, 0.2) is 61.1 Å². The molecular formula is C25H24F3N7O3. The molecule has 38 heavy (non-hydrogen) atoms. The number of rotatable bonds is 5. The first kappa shape index (κ1) is 26.4. The van der Waals surface area contributed by atoms with Gasteiger partial charge in [-0.2, -0.15) is 18.3 Å². The highest BCUT2D eigenvalue weighted by Gasteiger charge is 2.38. The smallest absolute Gasteiger partial charge is 0.475 e. The molecular weight excluding hydrogens is 503 g/mol. The highest BCUT2D eigenvalue weighted by atomic mass is 19.4. The zero-order chi connectivity index (χ0) is 27.4. The molecule has 4 heterocycles. The third-order valence-electron chi connectivity index (χ3n) is 5.96. The van der Waals surface area contributed by atoms with Crippen LogP contribution >= 0.6 is 0 Å². The number of aromatic nitrogens is 4. The monoisotopic (exact) mass is 527 g/mol. The Morgan fingerprint density at radius 1 is 1.13 bits per heavy atom. The van der Waals surface area contributed by atoms with E-state index < -0.39 is 18.1 Å². The Kier molecular flexibility index (Phi) is 7.46. The number of nitrogens with one attached hydrogen (secondary N) is 1. The average Bonchev–Trinajstić information content (AvgIpc) is 3.53. The van der Waals surface area contributed by atoms with Crippen LogP contribution in [0.2, 0.25) is 0 Å². The Hall–Kier alpha value is -4.68. The van der Waals surface area contributed by atoms with Crippen LogP contribution in [-0.2, 0) is 4.79 Å². The van der Waals surface area contributed by atoms with Gasteiger partial charge in [-0.25, -0.2) is 19.3 Å². The molecule has 1 fully saturated rings. The first-order chi connectivity index (χ1) is 18.0. The van der Waals surface area contributed by atoms with E-state index in [1.807, 2.05) is 36.5 Å². The standard InChI is InChI=1S/C23H23N7O.C2HF3O2/c1-15-4-3-11-29(15)21-6-2-5-20(28-21)27-19-12-18(13-30-23(19)25-14-26-30)16-7-9-17(10-8-16)22(24)31;3-2(4,5)1(6)7/h2,5-10,12-15H,3-4,11H2,1H3,(H2,24,31)(H,27,28);(H,6,7). The van der Waals surface area contributed by atoms with Crippen LogP contribution in [-0.4, -0.2) is 55.3 Å². The number of primary amides is 1. The molecule has 0 spiro atoms. The summed E-state index contributed by atoms with van der Waals surface area (Å²) in [4.78, 5) is 31.8. The van der Waals surface area contributed by atoms with Gasteiger partial charge in [0.25, 0.3) is 0 Å². The number of nitrogens with two attached hydrogens (primary N) is 1. The van der Waals surface area contributed by atoms with E-state index in [-0.39, 0.29) is 0 Å². The SMILES string of the molecule is CC1CCCN1c1cccc(Nc2cc(-c3ccc(C(N)=O)cc3)cn3ncnc23)n1.O=C(O)C(F)(F)F. The molecule has 10 nitrogen and oxygen atoms in total. The summed E-state index contributed by atoms with van der Waals surface area (Å²) < 4.78 is 33.5. The zero-order valence-corrected chi connectivity index (χ0v) is 20.2. The number of fused-ring (bicyclic) bond motifs is 1. The summed E-state index contributed by atoms with van der Waals surface area (Å²) >= 11 is 0. The van der Waals surface area contributed by atoms with Gasteiger partial charge in [-0.05, 0) is 55.7 Å². The number of carbonyl (C=O) groups excluding carboxylic acids is 1. The number of benzene rings is 1. The minimum atomic E-state index is -5.08. The molecule has 4 aromatic rings. The van der Waals surface area contributed by atoms with E-state index in [0.717, 1.165) is 35.0 Å². The first-order valence-corrected chi connectivity index (χ1v) is 11.6. The van der Waals surface area contributed by atoms with Gasteiger partial charge in [0.2, 0.25) is 5.91 Å². The van der Waals surface area contributed by atoms with Crippen LogP contribution in [0.4, 0.5) is 30.5 Å². The maximum atomic E-state index is 11.4. The number of aliphatic carboxylic acids is 1. The summed E-state index contributed by atoms with van der Waals surface area (Å²) in [5, 5.41) is 14.8. The van der Waals surface area contributed by atoms with Crippen molar-refractivity contribution in [1.82, 2.24) is 19.6 Å². The number of alkyl halides is 3. The fourth-order valence-corrected chi connectivity index (χ4v) is 4.07. The highest BCUT2D eigenvalue weighted by molar-refractivity contribution is 5.93. The van der Waals surface area contributed by atoms with Crippen LogP contribution in [0, 0.1) is 0 Å². The van der Waals surface area contributed by atoms with Gasteiger partial charge in [-0.15, -0.1) is 0 Å². The number of anilines is 3. The van der Waals surface area contributed by atoms with Gasteiger partial charge in [-0.3, -0.25) is 4.79 Å². The molecule has 1 aliphatic rings. The van der Waals surface area contributed by atoms with Gasteiger partial charge in [0.05, 0.1) is 5.69 Å². The first-order valence-electron chi connectivity index (χ1n) is 11.6. The normalized spacial score (nSPS) is 15.2. The van der Waals surface area contributed by atoms with Crippen molar-refractivity contribution in [2.24, 2.45) is 5.73 Å². The fourth-order valence-electron chi connectivity index (χ4n) is 4.07. The molecule has 13 heteroatoms. The number of halogens is 3. The van der Waals surface area contributed by atoms with Crippen molar-refractivity contribution in [3.05, 3.63) is 66.6 Å². The molecule has 1 amide bonds. The summed E-state index contributed by atoms with van der Waals surface area (Å²) in [7, 11) is 0. The quantitative estimate of drug-likeness (QED) is 0.350. The highest BCUT2D eigenvalue weighted by Crippen LogP contribution is 2.29. The number of carboxylic acids is 1. The summed E-state index contributed by atoms with van der Waals surface area (Å²) in [5.41, 5.74) is 9.21. The van der Waals surface area contributed by atoms with E-state index in [0.29, 0.717) is 17.3 Å². The van der Waals surface area contributed by atoms with Gasteiger partial charge in [-0.1, -0.05) is 18.2 Å². The molecule has 1 atom stereocenters. The summed E-state index contributed by atoms with van der Waals surface area (Å²) in [6.45, 7) is 3.27. The Balaban J connectivity index is 0.000000426. The van der Waals surface area contributed by atoms with E-state index in [1.165, 1.54) is 19.2 Å². The number of carboxylic acid groups (broad SMARTS) is 1. The van der Waals surface area contributed by atoms with E-state index in [4.69, 9.17) is 20.6 Å². The van der Waals surface area contributed by atoms with Crippen molar-refractivity contribution in [3.63, 3.8) is 0 Å². The van der Waals surface area contributed by atoms with Crippen LogP contribution in [0.1, 0.15) is 30.1 Å². The molecule has 5 rings (SSSR count). The number of hydrogen-bond donors (Lipinski definition) is 3. The second-order valence-corrected chi connectivity index (χ2v) is 8.61. The molecule has 4 N–H and O–H groups in total. The van der Waals surface area contributed by atoms with E-state index in [2.05, 4.69) is 33.3 Å². The molecule has 0 radical (unpaired) electrons. The van der Waals surface area contributed by atoms with Crippen LogP contribution < -0.4 is 16.0 Å². The minimum absolute atomic E-state index is 0.445. The third-order valence-corrected chi connectivity index (χ3v) is 5.96. The number of pyridine rings is 2.